The maximum Gasteiger partial charge on any atom is 0.249 e. The van der Waals surface area contributed by atoms with Gasteiger partial charge < -0.3 is 50.5 Å². The fourth-order valence-corrected chi connectivity index (χ4v) is 8.14. The molecule has 60 heavy (non-hydrogen) atoms. The number of carbonyl (C=O) groups is 1. The molecule has 1 saturated heterocycles. The molecule has 1 aliphatic heterocycles. The highest BCUT2D eigenvalue weighted by Gasteiger charge is 2.44. The van der Waals surface area contributed by atoms with Crippen LogP contribution >= 0.6 is 0 Å². The summed E-state index contributed by atoms with van der Waals surface area (Å²) < 4.78 is 11.1. The summed E-state index contributed by atoms with van der Waals surface area (Å²) in [5, 5.41) is 75.8. The molecule has 0 spiro atoms. The minimum Gasteiger partial charge on any atom is -0.394 e. The molecule has 11 nitrogen and oxygen atoms in total. The average Bonchev–Trinajstić information content (AvgIpc) is 3.25. The van der Waals surface area contributed by atoms with E-state index in [-0.39, 0.29) is 6.42 Å². The molecule has 9 unspecified atom stereocenters. The van der Waals surface area contributed by atoms with Gasteiger partial charge in [0.15, 0.2) is 6.29 Å². The summed E-state index contributed by atoms with van der Waals surface area (Å²) in [7, 11) is 0. The van der Waals surface area contributed by atoms with Crippen molar-refractivity contribution in [2.24, 2.45) is 0 Å². The number of nitrogens with one attached hydrogen (secondary N) is 1. The number of hydrogen-bond acceptors (Lipinski definition) is 10. The molecule has 1 heterocycles. The third kappa shape index (κ3) is 28.5. The van der Waals surface area contributed by atoms with E-state index < -0.39 is 74.2 Å². The molecule has 11 heteroatoms. The molecule has 0 aliphatic carbocycles. The molecule has 0 radical (unpaired) electrons. The standard InChI is InChI=1S/C49H95NO10/c1-3-5-7-9-11-13-15-17-19-20-21-23-24-26-28-30-32-34-36-41(52)44(54)40(39-59-49-47(57)46(56)45(55)43(38-51)60-49)50-48(58)42(53)37-35-33-31-29-27-25-22-18-16-14-12-10-8-6-4-2/h22,25,40-47,49,51-57H,3-21,23-24,26-39H2,1-2H3,(H,50,58)/b25-22-. The molecule has 0 saturated carbocycles. The summed E-state index contributed by atoms with van der Waals surface area (Å²) in [6.45, 7) is 3.45. The van der Waals surface area contributed by atoms with E-state index in [0.717, 1.165) is 51.4 Å². The van der Waals surface area contributed by atoms with Crippen LogP contribution < -0.4 is 5.32 Å². The molecular formula is C49H95NO10. The van der Waals surface area contributed by atoms with Crippen molar-refractivity contribution < 1.29 is 50.0 Å². The van der Waals surface area contributed by atoms with Crippen molar-refractivity contribution in [3.05, 3.63) is 12.2 Å². The molecule has 1 fully saturated rings. The molecule has 356 valence electrons. The number of hydrogen-bond donors (Lipinski definition) is 8. The maximum absolute atomic E-state index is 13.1. The lowest BCUT2D eigenvalue weighted by Crippen LogP contribution is -2.60. The van der Waals surface area contributed by atoms with Gasteiger partial charge in [-0.25, -0.2) is 0 Å². The van der Waals surface area contributed by atoms with E-state index in [1.165, 1.54) is 135 Å². The van der Waals surface area contributed by atoms with Crippen LogP contribution in [-0.2, 0) is 14.3 Å². The van der Waals surface area contributed by atoms with E-state index in [9.17, 15) is 40.5 Å². The van der Waals surface area contributed by atoms with Gasteiger partial charge in [-0.1, -0.05) is 199 Å². The zero-order valence-corrected chi connectivity index (χ0v) is 38.5. The number of ether oxygens (including phenoxy) is 2. The fourth-order valence-electron chi connectivity index (χ4n) is 8.14. The Labute approximate surface area is 366 Å². The van der Waals surface area contributed by atoms with Gasteiger partial charge in [0.1, 0.15) is 36.6 Å². The Hall–Kier alpha value is -1.15. The number of amides is 1. The Balaban J connectivity index is 2.41. The number of aliphatic hydroxyl groups excluding tert-OH is 7. The number of carbonyl (C=O) groups excluding carboxylic acids is 1. The number of aliphatic hydroxyl groups is 7. The Kier molecular flexibility index (Phi) is 37.4. The first-order valence-electron chi connectivity index (χ1n) is 25.1. The minimum absolute atomic E-state index is 0.248. The van der Waals surface area contributed by atoms with Crippen LogP contribution in [0.15, 0.2) is 12.2 Å². The molecule has 9 atom stereocenters. The van der Waals surface area contributed by atoms with Gasteiger partial charge in [0.25, 0.3) is 0 Å². The van der Waals surface area contributed by atoms with Crippen molar-refractivity contribution in [1.82, 2.24) is 5.32 Å². The van der Waals surface area contributed by atoms with E-state index in [0.29, 0.717) is 19.3 Å². The van der Waals surface area contributed by atoms with Gasteiger partial charge in [-0.3, -0.25) is 4.79 Å². The summed E-state index contributed by atoms with van der Waals surface area (Å²) in [5.41, 5.74) is 0. The van der Waals surface area contributed by atoms with Crippen molar-refractivity contribution in [3.8, 4) is 0 Å². The second-order valence-electron chi connectivity index (χ2n) is 17.9. The lowest BCUT2D eigenvalue weighted by molar-refractivity contribution is -0.303. The predicted molar refractivity (Wildman–Crippen MR) is 243 cm³/mol. The molecule has 1 rings (SSSR count). The first kappa shape index (κ1) is 56.9. The number of unbranched alkanes of at least 4 members (excludes halogenated alkanes) is 28. The molecule has 1 aliphatic rings. The molecule has 8 N–H and O–H groups in total. The van der Waals surface area contributed by atoms with E-state index in [1.807, 2.05) is 0 Å². The molecule has 0 aromatic carbocycles. The van der Waals surface area contributed by atoms with Crippen LogP contribution in [0.1, 0.15) is 226 Å². The highest BCUT2D eigenvalue weighted by atomic mass is 16.7. The predicted octanol–water partition coefficient (Wildman–Crippen LogP) is 8.84. The van der Waals surface area contributed by atoms with Gasteiger partial charge in [-0.15, -0.1) is 0 Å². The van der Waals surface area contributed by atoms with Crippen molar-refractivity contribution in [3.63, 3.8) is 0 Å². The van der Waals surface area contributed by atoms with Crippen molar-refractivity contribution in [1.29, 1.82) is 0 Å². The number of allylic oxidation sites excluding steroid dienone is 2. The Morgan fingerprint density at radius 3 is 1.40 bits per heavy atom. The van der Waals surface area contributed by atoms with Crippen LogP contribution in [0.5, 0.6) is 0 Å². The molecule has 0 aromatic heterocycles. The Bertz CT molecular complexity index is 986. The maximum atomic E-state index is 13.1. The second-order valence-corrected chi connectivity index (χ2v) is 17.9. The van der Waals surface area contributed by atoms with Crippen LogP contribution in [0.25, 0.3) is 0 Å². The summed E-state index contributed by atoms with van der Waals surface area (Å²) in [6.07, 6.45) is 31.1. The van der Waals surface area contributed by atoms with Gasteiger partial charge in [0, 0.05) is 0 Å². The van der Waals surface area contributed by atoms with Crippen molar-refractivity contribution in [2.75, 3.05) is 13.2 Å². The number of rotatable bonds is 42. The van der Waals surface area contributed by atoms with Crippen LogP contribution in [0.3, 0.4) is 0 Å². The summed E-state index contributed by atoms with van der Waals surface area (Å²) in [6, 6.07) is -1.17. The SMILES string of the molecule is CCCCCCCCC/C=C\CCCCCCC(O)C(=O)NC(COC1OC(CO)C(O)C(O)C1O)C(O)C(O)CCCCCCCCCCCCCCCCCCCC. The third-order valence-corrected chi connectivity index (χ3v) is 12.3. The van der Waals surface area contributed by atoms with Crippen LogP contribution in [-0.4, -0.2) is 110 Å². The quantitative estimate of drug-likeness (QED) is 0.0218. The first-order valence-corrected chi connectivity index (χ1v) is 25.1. The zero-order chi connectivity index (χ0) is 44.1. The Morgan fingerprint density at radius 2 is 0.967 bits per heavy atom. The fraction of sp³-hybridized carbons (Fsp3) is 0.939. The monoisotopic (exact) mass is 858 g/mol. The first-order chi connectivity index (χ1) is 29.2. The van der Waals surface area contributed by atoms with Crippen molar-refractivity contribution >= 4 is 5.91 Å². The van der Waals surface area contributed by atoms with Gasteiger partial charge in [-0.2, -0.15) is 0 Å². The third-order valence-electron chi connectivity index (χ3n) is 12.3. The van der Waals surface area contributed by atoms with E-state index in [4.69, 9.17) is 9.47 Å². The largest absolute Gasteiger partial charge is 0.394 e. The average molecular weight is 858 g/mol. The lowest BCUT2D eigenvalue weighted by Gasteiger charge is -2.40. The molecule has 0 aromatic rings. The lowest BCUT2D eigenvalue weighted by atomic mass is 9.98. The van der Waals surface area contributed by atoms with E-state index in [1.54, 1.807) is 0 Å². The summed E-state index contributed by atoms with van der Waals surface area (Å²) in [4.78, 5) is 13.1. The minimum atomic E-state index is -1.66. The van der Waals surface area contributed by atoms with E-state index >= 15 is 0 Å². The van der Waals surface area contributed by atoms with Gasteiger partial charge in [0.05, 0.1) is 25.4 Å². The zero-order valence-electron chi connectivity index (χ0n) is 38.5. The van der Waals surface area contributed by atoms with Crippen molar-refractivity contribution in [2.45, 2.75) is 281 Å². The highest BCUT2D eigenvalue weighted by Crippen LogP contribution is 2.23. The molecular weight excluding hydrogens is 763 g/mol. The topological polar surface area (TPSA) is 189 Å². The van der Waals surface area contributed by atoms with Crippen LogP contribution in [0.4, 0.5) is 0 Å². The normalized spacial score (nSPS) is 21.6. The van der Waals surface area contributed by atoms with E-state index in [2.05, 4.69) is 31.3 Å². The van der Waals surface area contributed by atoms with Crippen LogP contribution in [0, 0.1) is 0 Å². The highest BCUT2D eigenvalue weighted by molar-refractivity contribution is 5.80. The molecule has 0 bridgehead atoms. The van der Waals surface area contributed by atoms with Crippen LogP contribution in [0.2, 0.25) is 0 Å². The second kappa shape index (κ2) is 39.4. The van der Waals surface area contributed by atoms with Gasteiger partial charge >= 0.3 is 0 Å². The van der Waals surface area contributed by atoms with Gasteiger partial charge in [0.2, 0.25) is 5.91 Å². The molecule has 1 amide bonds. The van der Waals surface area contributed by atoms with Gasteiger partial charge in [-0.05, 0) is 38.5 Å². The smallest absolute Gasteiger partial charge is 0.249 e. The summed E-state index contributed by atoms with van der Waals surface area (Å²) in [5.74, 6) is -0.704. The Morgan fingerprint density at radius 1 is 0.567 bits per heavy atom. The summed E-state index contributed by atoms with van der Waals surface area (Å²) >= 11 is 0.